The minimum Gasteiger partial charge on any atom is -0.394 e. The van der Waals surface area contributed by atoms with E-state index in [1.54, 1.807) is 0 Å². The van der Waals surface area contributed by atoms with Crippen LogP contribution in [0, 0.1) is 0 Å². The molecule has 0 bridgehead atoms. The molecule has 0 aromatic carbocycles. The largest absolute Gasteiger partial charge is 0.394 e. The van der Waals surface area contributed by atoms with Crippen LogP contribution in [0.25, 0.3) is 0 Å². The summed E-state index contributed by atoms with van der Waals surface area (Å²) >= 11 is 0. The lowest BCUT2D eigenvalue weighted by Gasteiger charge is -2.23. The van der Waals surface area contributed by atoms with Gasteiger partial charge in [0.25, 0.3) is 0 Å². The number of aliphatic hydroxyl groups excluding tert-OH is 1. The summed E-state index contributed by atoms with van der Waals surface area (Å²) in [5, 5.41) is 13.7. The number of nitrogens with one attached hydrogen (secondary N) is 2. The molecule has 5 N–H and O–H groups in total. The van der Waals surface area contributed by atoms with E-state index in [1.165, 1.54) is 11.8 Å². The summed E-state index contributed by atoms with van der Waals surface area (Å²) in [6, 6.07) is -1.60. The van der Waals surface area contributed by atoms with Gasteiger partial charge in [-0.15, -0.1) is 0 Å². The van der Waals surface area contributed by atoms with Crippen molar-refractivity contribution in [3.05, 3.63) is 0 Å². The molecule has 1 fully saturated rings. The van der Waals surface area contributed by atoms with Crippen molar-refractivity contribution in [2.24, 2.45) is 5.73 Å². The number of nitrogens with two attached hydrogens (primary N) is 1. The van der Waals surface area contributed by atoms with Gasteiger partial charge in [0, 0.05) is 6.54 Å². The van der Waals surface area contributed by atoms with Crippen molar-refractivity contribution in [1.82, 2.24) is 15.5 Å². The fourth-order valence-electron chi connectivity index (χ4n) is 2.26. The van der Waals surface area contributed by atoms with Crippen molar-refractivity contribution in [3.8, 4) is 0 Å². The Morgan fingerprint density at radius 3 is 2.59 bits per heavy atom. The molecule has 9 nitrogen and oxygen atoms in total. The first-order valence-corrected chi connectivity index (χ1v) is 7.08. The topological polar surface area (TPSA) is 142 Å². The second kappa shape index (κ2) is 8.44. The third kappa shape index (κ3) is 4.78. The maximum absolute atomic E-state index is 12.0. The highest BCUT2D eigenvalue weighted by Crippen LogP contribution is 2.17. The third-order valence-electron chi connectivity index (χ3n) is 3.48. The molecule has 0 saturated carbocycles. The second-order valence-electron chi connectivity index (χ2n) is 5.08. The van der Waals surface area contributed by atoms with Gasteiger partial charge in [0.1, 0.15) is 12.1 Å². The average Bonchev–Trinajstić information content (AvgIpc) is 2.98. The van der Waals surface area contributed by atoms with Gasteiger partial charge < -0.3 is 26.4 Å². The summed E-state index contributed by atoms with van der Waals surface area (Å²) in [6.45, 7) is 0.715. The van der Waals surface area contributed by atoms with Crippen LogP contribution in [0.15, 0.2) is 0 Å². The molecular formula is C13H22N4O5. The molecule has 0 spiro atoms. The highest BCUT2D eigenvalue weighted by Gasteiger charge is 2.33. The molecule has 1 aliphatic heterocycles. The Morgan fingerprint density at radius 2 is 2.05 bits per heavy atom. The molecule has 22 heavy (non-hydrogen) atoms. The van der Waals surface area contributed by atoms with E-state index in [0.717, 1.165) is 0 Å². The molecule has 3 amide bonds. The zero-order valence-corrected chi connectivity index (χ0v) is 12.5. The van der Waals surface area contributed by atoms with E-state index >= 15 is 0 Å². The van der Waals surface area contributed by atoms with Crippen molar-refractivity contribution < 1.29 is 24.3 Å². The van der Waals surface area contributed by atoms with Gasteiger partial charge in [-0.2, -0.15) is 0 Å². The van der Waals surface area contributed by atoms with Gasteiger partial charge in [0.2, 0.25) is 17.7 Å². The van der Waals surface area contributed by atoms with Gasteiger partial charge in [-0.25, -0.2) is 0 Å². The van der Waals surface area contributed by atoms with Gasteiger partial charge in [0.05, 0.1) is 19.7 Å². The molecule has 1 rings (SSSR count). The summed E-state index contributed by atoms with van der Waals surface area (Å²) in [4.78, 5) is 47.7. The number of amides is 3. The first-order chi connectivity index (χ1) is 10.4. The summed E-state index contributed by atoms with van der Waals surface area (Å²) in [6.07, 6.45) is 1.22. The number of hydrogen-bond acceptors (Lipinski definition) is 6. The molecule has 124 valence electrons. The van der Waals surface area contributed by atoms with Crippen LogP contribution in [0.5, 0.6) is 0 Å². The van der Waals surface area contributed by atoms with Crippen molar-refractivity contribution in [1.29, 1.82) is 0 Å². The first kappa shape index (κ1) is 18.1. The zero-order valence-electron chi connectivity index (χ0n) is 12.5. The number of likely N-dealkylation sites (tertiary alicyclic amines) is 1. The molecule has 2 atom stereocenters. The minimum absolute atomic E-state index is 0.166. The Kier molecular flexibility index (Phi) is 6.93. The van der Waals surface area contributed by atoms with Crippen LogP contribution in [0.1, 0.15) is 19.8 Å². The molecule has 0 aromatic rings. The number of hydrogen-bond donors (Lipinski definition) is 4. The molecule has 1 saturated heterocycles. The maximum atomic E-state index is 12.0. The van der Waals surface area contributed by atoms with Crippen LogP contribution >= 0.6 is 0 Å². The summed E-state index contributed by atoms with van der Waals surface area (Å²) < 4.78 is 0. The lowest BCUT2D eigenvalue weighted by molar-refractivity contribution is -0.138. The lowest BCUT2D eigenvalue weighted by Crippen LogP contribution is -2.51. The minimum atomic E-state index is -0.980. The van der Waals surface area contributed by atoms with Crippen LogP contribution in [0.4, 0.5) is 0 Å². The van der Waals surface area contributed by atoms with Gasteiger partial charge in [-0.1, -0.05) is 0 Å². The van der Waals surface area contributed by atoms with E-state index in [2.05, 4.69) is 10.6 Å². The zero-order chi connectivity index (χ0) is 16.7. The molecule has 0 unspecified atom stereocenters. The average molecular weight is 314 g/mol. The van der Waals surface area contributed by atoms with Crippen molar-refractivity contribution >= 4 is 23.5 Å². The number of aliphatic hydroxyl groups is 1. The number of ketones is 1. The van der Waals surface area contributed by atoms with E-state index in [9.17, 15) is 19.2 Å². The predicted octanol–water partition coefficient (Wildman–Crippen LogP) is -2.88. The molecular weight excluding hydrogens is 292 g/mol. The molecule has 0 radical (unpaired) electrons. The van der Waals surface area contributed by atoms with Gasteiger partial charge >= 0.3 is 0 Å². The third-order valence-corrected chi connectivity index (χ3v) is 3.48. The fourth-order valence-corrected chi connectivity index (χ4v) is 2.26. The van der Waals surface area contributed by atoms with Gasteiger partial charge in [0.15, 0.2) is 5.78 Å². The van der Waals surface area contributed by atoms with Crippen LogP contribution in [0.2, 0.25) is 0 Å². The Morgan fingerprint density at radius 1 is 1.36 bits per heavy atom. The van der Waals surface area contributed by atoms with Crippen LogP contribution in [-0.2, 0) is 19.2 Å². The van der Waals surface area contributed by atoms with E-state index in [1.807, 2.05) is 0 Å². The van der Waals surface area contributed by atoms with Crippen molar-refractivity contribution in [2.75, 3.05) is 26.2 Å². The van der Waals surface area contributed by atoms with Crippen LogP contribution < -0.4 is 16.4 Å². The number of rotatable bonds is 7. The van der Waals surface area contributed by atoms with Crippen LogP contribution in [0.3, 0.4) is 0 Å². The highest BCUT2D eigenvalue weighted by atomic mass is 16.3. The quantitative estimate of drug-likeness (QED) is 0.397. The fraction of sp³-hybridized carbons (Fsp3) is 0.692. The smallest absolute Gasteiger partial charge is 0.243 e. The standard InChI is InChI=1S/C13H22N4O5/c1-8(19)9(7-18)16-11(20)6-15-13(22)10-3-2-4-17(10)12(21)5-14/h9-10,18H,2-7,14H2,1H3,(H,15,22)(H,16,20)/t9-,10-/m0/s1. The number of carbonyl (C=O) groups is 4. The molecule has 0 aromatic heterocycles. The maximum Gasteiger partial charge on any atom is 0.243 e. The van der Waals surface area contributed by atoms with E-state index < -0.39 is 30.5 Å². The van der Waals surface area contributed by atoms with Crippen molar-refractivity contribution in [2.45, 2.75) is 31.8 Å². The molecule has 0 aliphatic carbocycles. The highest BCUT2D eigenvalue weighted by molar-refractivity contribution is 5.93. The second-order valence-corrected chi connectivity index (χ2v) is 5.08. The monoisotopic (exact) mass is 314 g/mol. The van der Waals surface area contributed by atoms with Crippen molar-refractivity contribution in [3.63, 3.8) is 0 Å². The number of nitrogens with zero attached hydrogens (tertiary/aromatic N) is 1. The van der Waals surface area contributed by atoms with E-state index in [-0.39, 0.29) is 24.8 Å². The Bertz CT molecular complexity index is 454. The Balaban J connectivity index is 2.46. The van der Waals surface area contributed by atoms with E-state index in [4.69, 9.17) is 10.8 Å². The summed E-state index contributed by atoms with van der Waals surface area (Å²) in [5.74, 6) is -1.70. The van der Waals surface area contributed by atoms with E-state index in [0.29, 0.717) is 19.4 Å². The lowest BCUT2D eigenvalue weighted by atomic mass is 10.2. The SMILES string of the molecule is CC(=O)[C@H](CO)NC(=O)CNC(=O)[C@@H]1CCCN1C(=O)CN. The normalized spacial score (nSPS) is 18.7. The Hall–Kier alpha value is -2.00. The van der Waals surface area contributed by atoms with Gasteiger partial charge in [-0.3, -0.25) is 19.2 Å². The van der Waals surface area contributed by atoms with Crippen LogP contribution in [-0.4, -0.2) is 71.8 Å². The molecule has 1 heterocycles. The van der Waals surface area contributed by atoms with Gasteiger partial charge in [-0.05, 0) is 19.8 Å². The Labute approximate surface area is 128 Å². The molecule has 9 heteroatoms. The predicted molar refractivity (Wildman–Crippen MR) is 76.5 cm³/mol. The number of Topliss-reactive ketones (excluding diaryl/α,β-unsaturated/α-hetero) is 1. The molecule has 1 aliphatic rings. The first-order valence-electron chi connectivity index (χ1n) is 7.08. The number of carbonyl (C=O) groups excluding carboxylic acids is 4. The summed E-state index contributed by atoms with van der Waals surface area (Å²) in [5.41, 5.74) is 5.29. The summed E-state index contributed by atoms with van der Waals surface area (Å²) in [7, 11) is 0.